The van der Waals surface area contributed by atoms with Gasteiger partial charge in [-0.15, -0.1) is 5.10 Å². The molecule has 3 rings (SSSR count). The lowest BCUT2D eigenvalue weighted by atomic mass is 10.1. The minimum absolute atomic E-state index is 0.628. The molecule has 1 aromatic heterocycles. The van der Waals surface area contributed by atoms with Gasteiger partial charge >= 0.3 is 0 Å². The summed E-state index contributed by atoms with van der Waals surface area (Å²) in [5, 5.41) is 12.7. The van der Waals surface area contributed by atoms with E-state index in [1.54, 1.807) is 12.3 Å². The average molecular weight is 354 g/mol. The summed E-state index contributed by atoms with van der Waals surface area (Å²) in [6.07, 6.45) is 2.39. The predicted octanol–water partition coefficient (Wildman–Crippen LogP) is 2.67. The quantitative estimate of drug-likeness (QED) is 0.891. The number of ether oxygens (including phenoxy) is 1. The molecule has 1 aliphatic rings. The van der Waals surface area contributed by atoms with Crippen molar-refractivity contribution in [2.24, 2.45) is 0 Å². The second-order valence-corrected chi connectivity index (χ2v) is 6.00. The number of hydrogen-bond acceptors (Lipinski definition) is 6. The van der Waals surface area contributed by atoms with Gasteiger partial charge < -0.3 is 15.0 Å². The smallest absolute Gasteiger partial charge is 0.247 e. The third-order valence-corrected chi connectivity index (χ3v) is 4.14. The van der Waals surface area contributed by atoms with Crippen LogP contribution in [0.1, 0.15) is 5.56 Å². The molecule has 1 aliphatic heterocycles. The van der Waals surface area contributed by atoms with E-state index in [2.05, 4.69) is 25.4 Å². The number of anilines is 2. The molecule has 0 aliphatic carbocycles. The third kappa shape index (κ3) is 4.43. The summed E-state index contributed by atoms with van der Waals surface area (Å²) in [6, 6.07) is 5.52. The van der Waals surface area contributed by atoms with E-state index in [4.69, 9.17) is 27.9 Å². The number of morpholine rings is 1. The SMILES string of the molecule is Clc1ccc(CCNc2cnnc(N3CCOCC3)n2)c(Cl)c1. The van der Waals surface area contributed by atoms with Gasteiger partial charge in [0.25, 0.3) is 0 Å². The van der Waals surface area contributed by atoms with Gasteiger partial charge in [0.05, 0.1) is 19.4 Å². The molecule has 8 heteroatoms. The molecule has 122 valence electrons. The number of nitrogens with zero attached hydrogens (tertiary/aromatic N) is 4. The summed E-state index contributed by atoms with van der Waals surface area (Å²) >= 11 is 12.1. The summed E-state index contributed by atoms with van der Waals surface area (Å²) in [5.74, 6) is 1.33. The number of nitrogens with one attached hydrogen (secondary N) is 1. The molecule has 6 nitrogen and oxygen atoms in total. The zero-order chi connectivity index (χ0) is 16.1. The Hall–Kier alpha value is -1.63. The average Bonchev–Trinajstić information content (AvgIpc) is 2.58. The van der Waals surface area contributed by atoms with Gasteiger partial charge in [-0.25, -0.2) is 0 Å². The standard InChI is InChI=1S/C15H17Cl2N5O/c16-12-2-1-11(13(17)9-12)3-4-18-14-10-19-21-15(20-14)22-5-7-23-8-6-22/h1-2,9-10H,3-8H2,(H,18,20,21). The number of rotatable bonds is 5. The highest BCUT2D eigenvalue weighted by atomic mass is 35.5. The van der Waals surface area contributed by atoms with E-state index in [1.807, 2.05) is 12.1 Å². The van der Waals surface area contributed by atoms with E-state index in [9.17, 15) is 0 Å². The molecule has 1 saturated heterocycles. The molecule has 0 amide bonds. The molecule has 2 heterocycles. The highest BCUT2D eigenvalue weighted by Gasteiger charge is 2.14. The normalized spacial score (nSPS) is 14.8. The Labute approximate surface area is 144 Å². The van der Waals surface area contributed by atoms with Crippen LogP contribution in [0.15, 0.2) is 24.4 Å². The fourth-order valence-electron chi connectivity index (χ4n) is 2.33. The summed E-state index contributed by atoms with van der Waals surface area (Å²) in [7, 11) is 0. The molecule has 0 bridgehead atoms. The van der Waals surface area contributed by atoms with Crippen LogP contribution < -0.4 is 10.2 Å². The van der Waals surface area contributed by atoms with Crippen molar-refractivity contribution < 1.29 is 4.74 Å². The Kier molecular flexibility index (Phi) is 5.48. The van der Waals surface area contributed by atoms with Gasteiger partial charge in [0.2, 0.25) is 5.95 Å². The van der Waals surface area contributed by atoms with E-state index in [0.717, 1.165) is 25.1 Å². The Balaban J connectivity index is 1.57. The maximum atomic E-state index is 6.17. The van der Waals surface area contributed by atoms with Crippen molar-refractivity contribution in [1.82, 2.24) is 15.2 Å². The van der Waals surface area contributed by atoms with Crippen LogP contribution in [0.3, 0.4) is 0 Å². The van der Waals surface area contributed by atoms with Crippen LogP contribution in [0.5, 0.6) is 0 Å². The highest BCUT2D eigenvalue weighted by Crippen LogP contribution is 2.21. The van der Waals surface area contributed by atoms with Crippen molar-refractivity contribution in [3.8, 4) is 0 Å². The highest BCUT2D eigenvalue weighted by molar-refractivity contribution is 6.35. The zero-order valence-corrected chi connectivity index (χ0v) is 14.0. The van der Waals surface area contributed by atoms with E-state index in [1.165, 1.54) is 0 Å². The second kappa shape index (κ2) is 7.77. The molecule has 1 aromatic carbocycles. The third-order valence-electron chi connectivity index (χ3n) is 3.56. The van der Waals surface area contributed by atoms with Gasteiger partial charge in [0.1, 0.15) is 0 Å². The molecule has 1 N–H and O–H groups in total. The molecule has 0 saturated carbocycles. The Morgan fingerprint density at radius 1 is 1.22 bits per heavy atom. The topological polar surface area (TPSA) is 63.2 Å². The van der Waals surface area contributed by atoms with Gasteiger partial charge in [-0.3, -0.25) is 0 Å². The molecular formula is C15H17Cl2N5O. The molecule has 2 aromatic rings. The lowest BCUT2D eigenvalue weighted by Gasteiger charge is -2.26. The fraction of sp³-hybridized carbons (Fsp3) is 0.400. The number of benzene rings is 1. The molecule has 0 radical (unpaired) electrons. The van der Waals surface area contributed by atoms with Gasteiger partial charge in [-0.2, -0.15) is 10.1 Å². The summed E-state index contributed by atoms with van der Waals surface area (Å²) in [6.45, 7) is 3.64. The molecular weight excluding hydrogens is 337 g/mol. The number of aromatic nitrogens is 3. The molecule has 0 unspecified atom stereocenters. The van der Waals surface area contributed by atoms with Crippen molar-refractivity contribution in [3.63, 3.8) is 0 Å². The number of halogens is 2. The number of hydrogen-bond donors (Lipinski definition) is 1. The van der Waals surface area contributed by atoms with Crippen molar-refractivity contribution >= 4 is 35.0 Å². The zero-order valence-electron chi connectivity index (χ0n) is 12.5. The van der Waals surface area contributed by atoms with E-state index < -0.39 is 0 Å². The van der Waals surface area contributed by atoms with Crippen LogP contribution in [0.25, 0.3) is 0 Å². The summed E-state index contributed by atoms with van der Waals surface area (Å²) in [4.78, 5) is 6.56. The van der Waals surface area contributed by atoms with Crippen molar-refractivity contribution in [2.75, 3.05) is 43.1 Å². The van der Waals surface area contributed by atoms with Crippen molar-refractivity contribution in [3.05, 3.63) is 40.0 Å². The van der Waals surface area contributed by atoms with Gasteiger partial charge in [-0.05, 0) is 24.1 Å². The first kappa shape index (κ1) is 16.2. The van der Waals surface area contributed by atoms with E-state index >= 15 is 0 Å². The van der Waals surface area contributed by atoms with Crippen LogP contribution in [0.2, 0.25) is 10.0 Å². The Bertz CT molecular complexity index is 664. The van der Waals surface area contributed by atoms with E-state index in [0.29, 0.717) is 41.6 Å². The first-order valence-electron chi connectivity index (χ1n) is 7.42. The minimum atomic E-state index is 0.628. The summed E-state index contributed by atoms with van der Waals surface area (Å²) in [5.41, 5.74) is 1.04. The second-order valence-electron chi connectivity index (χ2n) is 5.15. The van der Waals surface area contributed by atoms with Crippen LogP contribution in [-0.2, 0) is 11.2 Å². The molecule has 0 spiro atoms. The van der Waals surface area contributed by atoms with Gasteiger partial charge in [-0.1, -0.05) is 29.3 Å². The maximum Gasteiger partial charge on any atom is 0.247 e. The molecule has 23 heavy (non-hydrogen) atoms. The first-order chi connectivity index (χ1) is 11.2. The minimum Gasteiger partial charge on any atom is -0.378 e. The fourth-order valence-corrected chi connectivity index (χ4v) is 2.83. The van der Waals surface area contributed by atoms with Gasteiger partial charge in [0, 0.05) is 29.7 Å². The van der Waals surface area contributed by atoms with E-state index in [-0.39, 0.29) is 0 Å². The first-order valence-corrected chi connectivity index (χ1v) is 8.18. The van der Waals surface area contributed by atoms with Crippen LogP contribution in [-0.4, -0.2) is 48.0 Å². The lowest BCUT2D eigenvalue weighted by molar-refractivity contribution is 0.122. The van der Waals surface area contributed by atoms with Crippen molar-refractivity contribution in [2.45, 2.75) is 6.42 Å². The van der Waals surface area contributed by atoms with Crippen LogP contribution in [0.4, 0.5) is 11.8 Å². The monoisotopic (exact) mass is 353 g/mol. The lowest BCUT2D eigenvalue weighted by Crippen LogP contribution is -2.37. The molecule has 1 fully saturated rings. The maximum absolute atomic E-state index is 6.17. The largest absolute Gasteiger partial charge is 0.378 e. The Morgan fingerprint density at radius 2 is 2.04 bits per heavy atom. The Morgan fingerprint density at radius 3 is 2.83 bits per heavy atom. The summed E-state index contributed by atoms with van der Waals surface area (Å²) < 4.78 is 5.33. The molecule has 0 atom stereocenters. The van der Waals surface area contributed by atoms with Gasteiger partial charge in [0.15, 0.2) is 5.82 Å². The van der Waals surface area contributed by atoms with Crippen molar-refractivity contribution in [1.29, 1.82) is 0 Å². The predicted molar refractivity (Wildman–Crippen MR) is 91.5 cm³/mol. The van der Waals surface area contributed by atoms with Crippen LogP contribution >= 0.6 is 23.2 Å². The van der Waals surface area contributed by atoms with Crippen LogP contribution in [0, 0.1) is 0 Å².